The summed E-state index contributed by atoms with van der Waals surface area (Å²) in [6.45, 7) is 10.3. The Kier molecular flexibility index (Phi) is 8.97. The number of aryl methyl sites for hydroxylation is 1. The Labute approximate surface area is 237 Å². The average molecular weight is 543 g/mol. The van der Waals surface area contributed by atoms with Gasteiger partial charge in [0.15, 0.2) is 0 Å². The van der Waals surface area contributed by atoms with Crippen molar-refractivity contribution in [1.29, 1.82) is 0 Å². The fourth-order valence-electron chi connectivity index (χ4n) is 5.96. The Bertz CT molecular complexity index is 1410. The van der Waals surface area contributed by atoms with Gasteiger partial charge in [0.05, 0.1) is 18.4 Å². The Morgan fingerprint density at radius 3 is 2.30 bits per heavy atom. The van der Waals surface area contributed by atoms with Crippen molar-refractivity contribution in [3.8, 4) is 0 Å². The van der Waals surface area contributed by atoms with Crippen LogP contribution in [0.4, 0.5) is 5.69 Å². The lowest BCUT2D eigenvalue weighted by Gasteiger charge is -2.28. The van der Waals surface area contributed by atoms with Crippen molar-refractivity contribution in [3.63, 3.8) is 0 Å². The molecule has 3 aromatic rings. The molecule has 212 valence electrons. The summed E-state index contributed by atoms with van der Waals surface area (Å²) in [6.07, 6.45) is 6.56. The predicted molar refractivity (Wildman–Crippen MR) is 160 cm³/mol. The third kappa shape index (κ3) is 6.90. The minimum Gasteiger partial charge on any atom is -0.481 e. The van der Waals surface area contributed by atoms with E-state index in [4.69, 9.17) is 0 Å². The van der Waals surface area contributed by atoms with Crippen LogP contribution in [-0.4, -0.2) is 21.6 Å². The molecule has 1 aliphatic carbocycles. The van der Waals surface area contributed by atoms with Crippen molar-refractivity contribution in [2.75, 3.05) is 5.32 Å². The Balaban J connectivity index is 1.56. The SMILES string of the molecule is Cc1ccc(=O)n(Cc2ccc(C(C(=O)Nc3cccc(CC(C(=O)O)C(C)(C)C)c3C)C3CCCC3)cc2)c1. The lowest BCUT2D eigenvalue weighted by Crippen LogP contribution is -2.30. The molecule has 1 amide bonds. The number of nitrogens with zero attached hydrogens (tertiary/aromatic N) is 1. The second kappa shape index (κ2) is 12.2. The molecule has 4 rings (SSSR count). The van der Waals surface area contributed by atoms with Crippen LogP contribution in [0.15, 0.2) is 65.6 Å². The number of pyridine rings is 1. The lowest BCUT2D eigenvalue weighted by molar-refractivity contribution is -0.145. The highest BCUT2D eigenvalue weighted by Gasteiger charge is 2.34. The number of carbonyl (C=O) groups excluding carboxylic acids is 1. The van der Waals surface area contributed by atoms with E-state index in [-0.39, 0.29) is 28.7 Å². The summed E-state index contributed by atoms with van der Waals surface area (Å²) in [7, 11) is 0. The van der Waals surface area contributed by atoms with Crippen LogP contribution in [0.3, 0.4) is 0 Å². The maximum absolute atomic E-state index is 13.9. The first-order valence-corrected chi connectivity index (χ1v) is 14.3. The number of aliphatic carboxylic acids is 1. The smallest absolute Gasteiger partial charge is 0.307 e. The van der Waals surface area contributed by atoms with Crippen molar-refractivity contribution in [1.82, 2.24) is 4.57 Å². The molecule has 0 saturated heterocycles. The van der Waals surface area contributed by atoms with Crippen LogP contribution in [0, 0.1) is 31.1 Å². The van der Waals surface area contributed by atoms with E-state index in [9.17, 15) is 19.5 Å². The van der Waals surface area contributed by atoms with Crippen LogP contribution >= 0.6 is 0 Å². The van der Waals surface area contributed by atoms with Gasteiger partial charge in [-0.2, -0.15) is 0 Å². The lowest BCUT2D eigenvalue weighted by atomic mass is 9.76. The third-order valence-corrected chi connectivity index (χ3v) is 8.45. The number of carbonyl (C=O) groups is 2. The van der Waals surface area contributed by atoms with Crippen LogP contribution in [0.25, 0.3) is 0 Å². The van der Waals surface area contributed by atoms with Crippen LogP contribution in [0.1, 0.15) is 80.2 Å². The van der Waals surface area contributed by atoms with Gasteiger partial charge in [0.25, 0.3) is 5.56 Å². The maximum atomic E-state index is 13.9. The van der Waals surface area contributed by atoms with E-state index in [2.05, 4.69) is 5.32 Å². The number of hydrogen-bond donors (Lipinski definition) is 2. The number of benzene rings is 2. The summed E-state index contributed by atoms with van der Waals surface area (Å²) in [5.74, 6) is -1.37. The standard InChI is InChI=1S/C34H42N2O4/c1-22-13-18-30(37)36(20-22)21-24-14-16-26(17-15-24)31(25-9-6-7-10-25)32(38)35-29-12-8-11-27(23(29)2)19-28(33(39)40)34(3,4)5/h8,11-18,20,25,28,31H,6-7,9-10,19,21H2,1-5H3,(H,35,38)(H,39,40). The molecule has 2 aromatic carbocycles. The van der Waals surface area contributed by atoms with Gasteiger partial charge in [-0.1, -0.05) is 76.1 Å². The molecule has 0 spiro atoms. The normalized spacial score (nSPS) is 15.5. The van der Waals surface area contributed by atoms with Crippen molar-refractivity contribution in [3.05, 3.63) is 99.0 Å². The molecular weight excluding hydrogens is 500 g/mol. The molecular formula is C34H42N2O4. The van der Waals surface area contributed by atoms with Gasteiger partial charge in [0.2, 0.25) is 5.91 Å². The highest BCUT2D eigenvalue weighted by molar-refractivity contribution is 5.97. The van der Waals surface area contributed by atoms with E-state index in [1.54, 1.807) is 10.6 Å². The molecule has 1 aromatic heterocycles. The minimum absolute atomic E-state index is 0.0274. The van der Waals surface area contributed by atoms with Gasteiger partial charge < -0.3 is 15.0 Å². The molecule has 0 bridgehead atoms. The van der Waals surface area contributed by atoms with Crippen LogP contribution < -0.4 is 10.9 Å². The molecule has 1 aliphatic rings. The molecule has 1 saturated carbocycles. The zero-order valence-corrected chi connectivity index (χ0v) is 24.4. The molecule has 2 atom stereocenters. The van der Waals surface area contributed by atoms with E-state index in [1.807, 2.05) is 89.3 Å². The maximum Gasteiger partial charge on any atom is 0.307 e. The summed E-state index contributed by atoms with van der Waals surface area (Å²) >= 11 is 0. The van der Waals surface area contributed by atoms with Crippen LogP contribution in [0.2, 0.25) is 0 Å². The molecule has 0 aliphatic heterocycles. The average Bonchev–Trinajstić information content (AvgIpc) is 3.41. The number of amides is 1. The molecule has 1 fully saturated rings. The van der Waals surface area contributed by atoms with Gasteiger partial charge in [-0.25, -0.2) is 0 Å². The van der Waals surface area contributed by atoms with Gasteiger partial charge in [0, 0.05) is 18.0 Å². The highest BCUT2D eigenvalue weighted by atomic mass is 16.4. The summed E-state index contributed by atoms with van der Waals surface area (Å²) < 4.78 is 1.70. The summed E-state index contributed by atoms with van der Waals surface area (Å²) in [5, 5.41) is 13.0. The van der Waals surface area contributed by atoms with E-state index in [0.717, 1.165) is 59.2 Å². The molecule has 0 radical (unpaired) electrons. The topological polar surface area (TPSA) is 88.4 Å². The molecule has 2 N–H and O–H groups in total. The van der Waals surface area contributed by atoms with Gasteiger partial charge in [-0.05, 0) is 78.3 Å². The van der Waals surface area contributed by atoms with E-state index in [1.165, 1.54) is 0 Å². The Morgan fingerprint density at radius 2 is 1.68 bits per heavy atom. The first kappa shape index (κ1) is 29.3. The monoisotopic (exact) mass is 542 g/mol. The first-order valence-electron chi connectivity index (χ1n) is 14.3. The molecule has 6 nitrogen and oxygen atoms in total. The van der Waals surface area contributed by atoms with E-state index < -0.39 is 11.9 Å². The fourth-order valence-corrected chi connectivity index (χ4v) is 5.96. The van der Waals surface area contributed by atoms with Crippen LogP contribution in [0.5, 0.6) is 0 Å². The second-order valence-electron chi connectivity index (χ2n) is 12.5. The van der Waals surface area contributed by atoms with Crippen molar-refractivity contribution < 1.29 is 14.7 Å². The number of rotatable bonds is 9. The number of nitrogens with one attached hydrogen (secondary N) is 1. The molecule has 40 heavy (non-hydrogen) atoms. The van der Waals surface area contributed by atoms with Crippen molar-refractivity contribution in [2.45, 2.75) is 79.2 Å². The quantitative estimate of drug-likeness (QED) is 0.314. The first-order chi connectivity index (χ1) is 18.9. The largest absolute Gasteiger partial charge is 0.481 e. The van der Waals surface area contributed by atoms with Gasteiger partial charge in [0.1, 0.15) is 0 Å². The van der Waals surface area contributed by atoms with Crippen molar-refractivity contribution >= 4 is 17.6 Å². The van der Waals surface area contributed by atoms with E-state index >= 15 is 0 Å². The molecule has 6 heteroatoms. The summed E-state index contributed by atoms with van der Waals surface area (Å²) in [6, 6.07) is 17.3. The Hall–Kier alpha value is -3.67. The summed E-state index contributed by atoms with van der Waals surface area (Å²) in [4.78, 5) is 38.1. The van der Waals surface area contributed by atoms with Crippen LogP contribution in [-0.2, 0) is 22.6 Å². The number of anilines is 1. The van der Waals surface area contributed by atoms with Crippen molar-refractivity contribution in [2.24, 2.45) is 17.3 Å². The second-order valence-corrected chi connectivity index (χ2v) is 12.5. The van der Waals surface area contributed by atoms with Gasteiger partial charge >= 0.3 is 5.97 Å². The zero-order chi connectivity index (χ0) is 29.0. The predicted octanol–water partition coefficient (Wildman–Crippen LogP) is 6.72. The fraction of sp³-hybridized carbons (Fsp3) is 0.441. The third-order valence-electron chi connectivity index (χ3n) is 8.45. The molecule has 1 heterocycles. The highest BCUT2D eigenvalue weighted by Crippen LogP contribution is 2.39. The van der Waals surface area contributed by atoms with Gasteiger partial charge in [-0.15, -0.1) is 0 Å². The number of hydrogen-bond acceptors (Lipinski definition) is 3. The number of carboxylic acids is 1. The number of aromatic nitrogens is 1. The molecule has 2 unspecified atom stereocenters. The zero-order valence-electron chi connectivity index (χ0n) is 24.4. The van der Waals surface area contributed by atoms with Gasteiger partial charge in [-0.3, -0.25) is 14.4 Å². The number of carboxylic acid groups (broad SMARTS) is 1. The van der Waals surface area contributed by atoms with E-state index in [0.29, 0.717) is 13.0 Å². The Morgan fingerprint density at radius 1 is 1.00 bits per heavy atom. The summed E-state index contributed by atoms with van der Waals surface area (Å²) in [5.41, 5.74) is 5.19. The minimum atomic E-state index is -0.807.